The molecule has 170 valence electrons. The van der Waals surface area contributed by atoms with Gasteiger partial charge in [0.1, 0.15) is 5.82 Å². The number of benzene rings is 1. The lowest BCUT2D eigenvalue weighted by Gasteiger charge is -2.32. The molecule has 1 fully saturated rings. The van der Waals surface area contributed by atoms with Crippen LogP contribution in [0.2, 0.25) is 5.02 Å². The minimum Gasteiger partial charge on any atom is -0.382 e. The molecule has 0 unspecified atom stereocenters. The molecule has 2 aromatic heterocycles. The van der Waals surface area contributed by atoms with Crippen molar-refractivity contribution in [2.24, 2.45) is 4.99 Å². The van der Waals surface area contributed by atoms with Crippen molar-refractivity contribution in [3.05, 3.63) is 70.8 Å². The Morgan fingerprint density at radius 2 is 1.91 bits per heavy atom. The summed E-state index contributed by atoms with van der Waals surface area (Å²) in [5, 5.41) is 3.95. The lowest BCUT2D eigenvalue weighted by molar-refractivity contribution is 0.158. The molecule has 0 atom stereocenters. The maximum Gasteiger partial charge on any atom is 0.132 e. The summed E-state index contributed by atoms with van der Waals surface area (Å²) in [6.07, 6.45) is 3.81. The molecular weight excluding hydrogens is 439 g/mol. The Labute approximate surface area is 197 Å². The molecule has 4 heterocycles. The van der Waals surface area contributed by atoms with Gasteiger partial charge in [-0.15, -0.1) is 0 Å². The molecule has 33 heavy (non-hydrogen) atoms. The number of rotatable bonds is 6. The molecular formula is C25H26ClFN6. The number of piperazine rings is 1. The summed E-state index contributed by atoms with van der Waals surface area (Å²) in [4.78, 5) is 18.7. The minimum atomic E-state index is -0.347. The first-order valence-corrected chi connectivity index (χ1v) is 11.6. The Hall–Kier alpha value is -2.87. The fourth-order valence-corrected chi connectivity index (χ4v) is 4.40. The van der Waals surface area contributed by atoms with Crippen LogP contribution < -0.4 is 5.32 Å². The molecule has 1 N–H and O–H groups in total. The van der Waals surface area contributed by atoms with Crippen LogP contribution in [0.15, 0.2) is 53.7 Å². The van der Waals surface area contributed by atoms with E-state index in [1.54, 1.807) is 6.07 Å². The van der Waals surface area contributed by atoms with Crippen LogP contribution in [-0.2, 0) is 0 Å². The van der Waals surface area contributed by atoms with Gasteiger partial charge in [0.25, 0.3) is 0 Å². The second-order valence-corrected chi connectivity index (χ2v) is 8.90. The van der Waals surface area contributed by atoms with E-state index in [-0.39, 0.29) is 5.82 Å². The van der Waals surface area contributed by atoms with Crippen LogP contribution in [-0.4, -0.2) is 78.3 Å². The minimum absolute atomic E-state index is 0.347. The van der Waals surface area contributed by atoms with E-state index in [2.05, 4.69) is 32.1 Å². The van der Waals surface area contributed by atoms with E-state index >= 15 is 0 Å². The van der Waals surface area contributed by atoms with Crippen LogP contribution in [0, 0.1) is 5.82 Å². The summed E-state index contributed by atoms with van der Waals surface area (Å²) in [5.74, 6) is -0.347. The maximum absolute atomic E-state index is 14.5. The average Bonchev–Trinajstić information content (AvgIpc) is 3.31. The van der Waals surface area contributed by atoms with Crippen molar-refractivity contribution in [2.75, 3.05) is 58.2 Å². The lowest BCUT2D eigenvalue weighted by atomic mass is 10.00. The summed E-state index contributed by atoms with van der Waals surface area (Å²) in [5.41, 5.74) is 5.07. The molecule has 2 aliphatic heterocycles. The number of fused-ring (bicyclic) bond motifs is 1. The van der Waals surface area contributed by atoms with Crippen LogP contribution in [0.3, 0.4) is 0 Å². The summed E-state index contributed by atoms with van der Waals surface area (Å²) in [7, 11) is 2.17. The van der Waals surface area contributed by atoms with Crippen LogP contribution in [0.5, 0.6) is 0 Å². The predicted octanol–water partition coefficient (Wildman–Crippen LogP) is 3.97. The SMILES string of the molecule is CN1CCN(CCNc2cnc3ccc(C4=CCN=C4c4cc(Cl)ccc4F)nc3c2)CC1. The van der Waals surface area contributed by atoms with E-state index in [9.17, 15) is 4.39 Å². The van der Waals surface area contributed by atoms with Crippen molar-refractivity contribution in [3.8, 4) is 0 Å². The highest BCUT2D eigenvalue weighted by Gasteiger charge is 2.21. The first kappa shape index (κ1) is 21.9. The third kappa shape index (κ3) is 4.90. The molecule has 1 saturated heterocycles. The Morgan fingerprint density at radius 3 is 2.76 bits per heavy atom. The normalized spacial score (nSPS) is 17.3. The third-order valence-electron chi connectivity index (χ3n) is 6.15. The summed E-state index contributed by atoms with van der Waals surface area (Å²) in [6, 6.07) is 10.4. The molecule has 0 saturated carbocycles. The number of anilines is 1. The number of allylic oxidation sites excluding steroid dienone is 1. The highest BCUT2D eigenvalue weighted by atomic mass is 35.5. The van der Waals surface area contributed by atoms with Gasteiger partial charge in [-0.25, -0.2) is 9.37 Å². The van der Waals surface area contributed by atoms with Gasteiger partial charge in [-0.2, -0.15) is 0 Å². The van der Waals surface area contributed by atoms with E-state index in [1.165, 1.54) is 12.1 Å². The summed E-state index contributed by atoms with van der Waals surface area (Å²) in [6.45, 7) is 6.78. The predicted molar refractivity (Wildman–Crippen MR) is 133 cm³/mol. The highest BCUT2D eigenvalue weighted by Crippen LogP contribution is 2.28. The molecule has 2 aliphatic rings. The summed E-state index contributed by atoms with van der Waals surface area (Å²) < 4.78 is 14.5. The number of hydrogen-bond donors (Lipinski definition) is 1. The summed E-state index contributed by atoms with van der Waals surface area (Å²) >= 11 is 6.11. The van der Waals surface area contributed by atoms with Gasteiger partial charge in [0.15, 0.2) is 0 Å². The van der Waals surface area contributed by atoms with Gasteiger partial charge in [0, 0.05) is 55.4 Å². The average molecular weight is 465 g/mol. The molecule has 0 radical (unpaired) electrons. The topological polar surface area (TPSA) is 56.6 Å². The smallest absolute Gasteiger partial charge is 0.132 e. The number of nitrogens with zero attached hydrogens (tertiary/aromatic N) is 5. The van der Waals surface area contributed by atoms with Crippen molar-refractivity contribution in [1.29, 1.82) is 0 Å². The zero-order valence-corrected chi connectivity index (χ0v) is 19.3. The second-order valence-electron chi connectivity index (χ2n) is 8.46. The van der Waals surface area contributed by atoms with E-state index in [0.717, 1.165) is 67.3 Å². The van der Waals surface area contributed by atoms with E-state index in [0.29, 0.717) is 22.8 Å². The van der Waals surface area contributed by atoms with Crippen molar-refractivity contribution < 1.29 is 4.39 Å². The zero-order valence-electron chi connectivity index (χ0n) is 18.6. The number of pyridine rings is 2. The molecule has 0 aliphatic carbocycles. The first-order valence-electron chi connectivity index (χ1n) is 11.2. The van der Waals surface area contributed by atoms with Crippen LogP contribution in [0.1, 0.15) is 11.3 Å². The van der Waals surface area contributed by atoms with E-state index in [4.69, 9.17) is 16.6 Å². The standard InChI is InChI=1S/C25H26ClFN6/c1-32-10-12-33(13-11-32)9-8-28-18-15-24-23(30-16-18)5-4-22(31-24)19-6-7-29-25(19)20-14-17(26)2-3-21(20)27/h2-6,14-16,28H,7-13H2,1H3. The zero-order chi connectivity index (χ0) is 22.8. The first-order chi connectivity index (χ1) is 16.1. The Balaban J connectivity index is 1.32. The molecule has 8 heteroatoms. The van der Waals surface area contributed by atoms with Crippen LogP contribution in [0.4, 0.5) is 10.1 Å². The van der Waals surface area contributed by atoms with Crippen LogP contribution >= 0.6 is 11.6 Å². The van der Waals surface area contributed by atoms with Gasteiger partial charge in [-0.3, -0.25) is 14.9 Å². The van der Waals surface area contributed by atoms with Gasteiger partial charge in [-0.05, 0) is 43.4 Å². The van der Waals surface area contributed by atoms with Gasteiger partial charge in [0.2, 0.25) is 0 Å². The Bertz CT molecular complexity index is 1230. The van der Waals surface area contributed by atoms with Crippen molar-refractivity contribution >= 4 is 39.6 Å². The number of aliphatic imine (C=N–C) groups is 1. The van der Waals surface area contributed by atoms with E-state index in [1.807, 2.05) is 30.5 Å². The molecule has 3 aromatic rings. The molecule has 1 aromatic carbocycles. The lowest BCUT2D eigenvalue weighted by Crippen LogP contribution is -2.45. The quantitative estimate of drug-likeness (QED) is 0.598. The second kappa shape index (κ2) is 9.55. The number of hydrogen-bond acceptors (Lipinski definition) is 6. The van der Waals surface area contributed by atoms with Gasteiger partial charge >= 0.3 is 0 Å². The number of halogens is 2. The largest absolute Gasteiger partial charge is 0.382 e. The highest BCUT2D eigenvalue weighted by molar-refractivity contribution is 6.35. The van der Waals surface area contributed by atoms with Gasteiger partial charge in [-0.1, -0.05) is 17.7 Å². The monoisotopic (exact) mass is 464 g/mol. The van der Waals surface area contributed by atoms with E-state index < -0.39 is 0 Å². The van der Waals surface area contributed by atoms with Crippen molar-refractivity contribution in [1.82, 2.24) is 19.8 Å². The van der Waals surface area contributed by atoms with Crippen LogP contribution in [0.25, 0.3) is 16.6 Å². The molecule has 0 spiro atoms. The Morgan fingerprint density at radius 1 is 1.06 bits per heavy atom. The maximum atomic E-state index is 14.5. The van der Waals surface area contributed by atoms with Gasteiger partial charge in [0.05, 0.1) is 40.9 Å². The molecule has 5 rings (SSSR count). The number of aromatic nitrogens is 2. The fourth-order valence-electron chi connectivity index (χ4n) is 4.23. The van der Waals surface area contributed by atoms with Crippen molar-refractivity contribution in [3.63, 3.8) is 0 Å². The third-order valence-corrected chi connectivity index (χ3v) is 6.38. The van der Waals surface area contributed by atoms with Crippen molar-refractivity contribution in [2.45, 2.75) is 0 Å². The number of nitrogens with one attached hydrogen (secondary N) is 1. The fraction of sp³-hybridized carbons (Fsp3) is 0.320. The molecule has 6 nitrogen and oxygen atoms in total. The molecule has 0 bridgehead atoms. The molecule has 0 amide bonds. The van der Waals surface area contributed by atoms with Gasteiger partial charge < -0.3 is 10.2 Å². The number of likely N-dealkylation sites (N-methyl/N-ethyl adjacent to an activating group) is 1. The Kier molecular flexibility index (Phi) is 6.35.